The lowest BCUT2D eigenvalue weighted by Crippen LogP contribution is -2.47. The maximum absolute atomic E-state index is 12.3. The molecule has 0 aliphatic carbocycles. The molecular weight excluding hydrogens is 360 g/mol. The molecule has 2 rings (SSSR count). The van der Waals surface area contributed by atoms with Crippen molar-refractivity contribution in [3.05, 3.63) is 17.9 Å². The molecule has 2 heterocycles. The van der Waals surface area contributed by atoms with Crippen LogP contribution in [0.25, 0.3) is 0 Å². The van der Waals surface area contributed by atoms with Gasteiger partial charge in [0.1, 0.15) is 6.26 Å². The molecular formula is C14H23ClN2O6S. The molecule has 10 heteroatoms. The summed E-state index contributed by atoms with van der Waals surface area (Å²) in [5, 5.41) is 2.94. The average molecular weight is 383 g/mol. The fourth-order valence-electron chi connectivity index (χ4n) is 2.64. The van der Waals surface area contributed by atoms with Crippen molar-refractivity contribution in [2.45, 2.75) is 17.9 Å². The SMILES string of the molecule is COCC1(CNS(=O)(=O)c2cc(C(=O)OC)co2)CCNCC1.Cl. The summed E-state index contributed by atoms with van der Waals surface area (Å²) in [6, 6.07) is 1.15. The predicted molar refractivity (Wildman–Crippen MR) is 88.9 cm³/mol. The average Bonchev–Trinajstić information content (AvgIpc) is 3.05. The van der Waals surface area contributed by atoms with Crippen molar-refractivity contribution in [3.63, 3.8) is 0 Å². The molecule has 2 N–H and O–H groups in total. The van der Waals surface area contributed by atoms with Gasteiger partial charge in [0.15, 0.2) is 0 Å². The van der Waals surface area contributed by atoms with Crippen LogP contribution in [0.5, 0.6) is 0 Å². The summed E-state index contributed by atoms with van der Waals surface area (Å²) in [4.78, 5) is 11.4. The van der Waals surface area contributed by atoms with E-state index in [0.717, 1.165) is 38.3 Å². The van der Waals surface area contributed by atoms with Gasteiger partial charge in [0, 0.05) is 25.1 Å². The van der Waals surface area contributed by atoms with Crippen LogP contribution >= 0.6 is 12.4 Å². The van der Waals surface area contributed by atoms with Crippen LogP contribution in [0.1, 0.15) is 23.2 Å². The highest BCUT2D eigenvalue weighted by Gasteiger charge is 2.34. The third kappa shape index (κ3) is 4.93. The highest BCUT2D eigenvalue weighted by Crippen LogP contribution is 2.29. The molecule has 0 saturated carbocycles. The molecule has 0 aromatic carbocycles. The van der Waals surface area contributed by atoms with E-state index in [1.54, 1.807) is 7.11 Å². The zero-order chi connectivity index (χ0) is 16.9. The Morgan fingerprint density at radius 3 is 2.62 bits per heavy atom. The van der Waals surface area contributed by atoms with E-state index < -0.39 is 16.0 Å². The van der Waals surface area contributed by atoms with Gasteiger partial charge in [-0.15, -0.1) is 12.4 Å². The van der Waals surface area contributed by atoms with E-state index in [2.05, 4.69) is 14.8 Å². The van der Waals surface area contributed by atoms with Crippen LogP contribution < -0.4 is 10.0 Å². The Balaban J connectivity index is 0.00000288. The molecule has 1 aromatic rings. The number of esters is 1. The number of carbonyl (C=O) groups excluding carboxylic acids is 1. The number of halogens is 1. The van der Waals surface area contributed by atoms with E-state index >= 15 is 0 Å². The summed E-state index contributed by atoms with van der Waals surface area (Å²) in [5.41, 5.74) is -0.188. The van der Waals surface area contributed by atoms with E-state index in [4.69, 9.17) is 9.15 Å². The predicted octanol–water partition coefficient (Wildman–Crippen LogP) is 0.782. The second-order valence-corrected chi connectivity index (χ2v) is 7.35. The van der Waals surface area contributed by atoms with E-state index in [0.29, 0.717) is 6.61 Å². The molecule has 8 nitrogen and oxygen atoms in total. The minimum atomic E-state index is -3.84. The summed E-state index contributed by atoms with van der Waals surface area (Å²) >= 11 is 0. The van der Waals surface area contributed by atoms with Crippen molar-refractivity contribution in [2.24, 2.45) is 5.41 Å². The van der Waals surface area contributed by atoms with E-state index in [1.807, 2.05) is 0 Å². The van der Waals surface area contributed by atoms with Gasteiger partial charge in [0.25, 0.3) is 10.0 Å². The molecule has 0 spiro atoms. The standard InChI is InChI=1S/C14H22N2O6S.ClH/c1-20-10-14(3-5-15-6-4-14)9-16-23(18,19)12-7-11(8-22-12)13(17)21-2;/h7-8,15-16H,3-6,9-10H2,1-2H3;1H. The van der Waals surface area contributed by atoms with Gasteiger partial charge < -0.3 is 19.2 Å². The third-order valence-electron chi connectivity index (χ3n) is 4.01. The first-order valence-corrected chi connectivity index (χ1v) is 8.77. The molecule has 0 bridgehead atoms. The Kier molecular flexibility index (Phi) is 7.68. The van der Waals surface area contributed by atoms with Gasteiger partial charge in [-0.1, -0.05) is 0 Å². The van der Waals surface area contributed by atoms with Gasteiger partial charge in [-0.2, -0.15) is 0 Å². The quantitative estimate of drug-likeness (QED) is 0.671. The number of hydrogen-bond acceptors (Lipinski definition) is 7. The highest BCUT2D eigenvalue weighted by atomic mass is 35.5. The molecule has 0 radical (unpaired) electrons. The van der Waals surface area contributed by atoms with Crippen LogP contribution in [0, 0.1) is 5.41 Å². The van der Waals surface area contributed by atoms with Crippen LogP contribution in [0.15, 0.2) is 21.8 Å². The van der Waals surface area contributed by atoms with Crippen molar-refractivity contribution in [3.8, 4) is 0 Å². The number of sulfonamides is 1. The highest BCUT2D eigenvalue weighted by molar-refractivity contribution is 7.89. The monoisotopic (exact) mass is 382 g/mol. The Hall–Kier alpha value is -1.13. The largest absolute Gasteiger partial charge is 0.465 e. The van der Waals surface area contributed by atoms with Crippen LogP contribution in [0.3, 0.4) is 0 Å². The molecule has 0 unspecified atom stereocenters. The number of furan rings is 1. The summed E-state index contributed by atoms with van der Waals surface area (Å²) in [6.45, 7) is 2.36. The fraction of sp³-hybridized carbons (Fsp3) is 0.643. The lowest BCUT2D eigenvalue weighted by molar-refractivity contribution is 0.0576. The zero-order valence-electron chi connectivity index (χ0n) is 13.7. The molecule has 1 aliphatic rings. The summed E-state index contributed by atoms with van der Waals surface area (Å²) in [5.74, 6) is -0.649. The fourth-order valence-corrected chi connectivity index (χ4v) is 3.73. The van der Waals surface area contributed by atoms with Gasteiger partial charge >= 0.3 is 5.97 Å². The second kappa shape index (κ2) is 8.82. The normalized spacial score (nSPS) is 17.1. The van der Waals surface area contributed by atoms with E-state index in [-0.39, 0.29) is 35.0 Å². The Morgan fingerprint density at radius 2 is 2.04 bits per heavy atom. The van der Waals surface area contributed by atoms with Crippen molar-refractivity contribution in [1.29, 1.82) is 0 Å². The third-order valence-corrected chi connectivity index (χ3v) is 5.28. The number of hydrogen-bond donors (Lipinski definition) is 2. The number of piperidine rings is 1. The van der Waals surface area contributed by atoms with Gasteiger partial charge in [0.05, 0.1) is 19.3 Å². The van der Waals surface area contributed by atoms with Crippen molar-refractivity contribution >= 4 is 28.4 Å². The van der Waals surface area contributed by atoms with Crippen LogP contribution in [0.2, 0.25) is 0 Å². The van der Waals surface area contributed by atoms with Crippen molar-refractivity contribution < 1.29 is 27.1 Å². The Morgan fingerprint density at radius 1 is 1.38 bits per heavy atom. The van der Waals surface area contributed by atoms with Crippen LogP contribution in [-0.2, 0) is 19.5 Å². The van der Waals surface area contributed by atoms with E-state index in [9.17, 15) is 13.2 Å². The van der Waals surface area contributed by atoms with E-state index in [1.165, 1.54) is 7.11 Å². The number of nitrogens with one attached hydrogen (secondary N) is 2. The van der Waals surface area contributed by atoms with Crippen molar-refractivity contribution in [1.82, 2.24) is 10.0 Å². The first-order chi connectivity index (χ1) is 10.9. The van der Waals surface area contributed by atoms with Crippen LogP contribution in [0.4, 0.5) is 0 Å². The molecule has 1 aromatic heterocycles. The first-order valence-electron chi connectivity index (χ1n) is 7.29. The number of ether oxygens (including phenoxy) is 2. The van der Waals surface area contributed by atoms with Gasteiger partial charge in [-0.3, -0.25) is 0 Å². The lowest BCUT2D eigenvalue weighted by atomic mass is 9.80. The summed E-state index contributed by atoms with van der Waals surface area (Å²) in [7, 11) is -1.02. The number of carbonyl (C=O) groups is 1. The van der Waals surface area contributed by atoms with Crippen molar-refractivity contribution in [2.75, 3.05) is 40.5 Å². The molecule has 138 valence electrons. The molecule has 0 amide bonds. The number of methoxy groups -OCH3 is 2. The lowest BCUT2D eigenvalue weighted by Gasteiger charge is -2.36. The van der Waals surface area contributed by atoms with Gasteiger partial charge in [0.2, 0.25) is 5.09 Å². The maximum Gasteiger partial charge on any atom is 0.341 e. The molecule has 1 fully saturated rings. The number of rotatable bonds is 7. The Bertz CT molecular complexity index is 634. The maximum atomic E-state index is 12.3. The van der Waals surface area contributed by atoms with Gasteiger partial charge in [-0.05, 0) is 25.9 Å². The summed E-state index contributed by atoms with van der Waals surface area (Å²) < 4.78 is 42.0. The molecule has 0 atom stereocenters. The molecule has 1 saturated heterocycles. The van der Waals surface area contributed by atoms with Crippen LogP contribution in [-0.4, -0.2) is 54.8 Å². The Labute approximate surface area is 147 Å². The smallest absolute Gasteiger partial charge is 0.341 e. The topological polar surface area (TPSA) is 107 Å². The zero-order valence-corrected chi connectivity index (χ0v) is 15.3. The molecule has 24 heavy (non-hydrogen) atoms. The molecule has 1 aliphatic heterocycles. The van der Waals surface area contributed by atoms with Gasteiger partial charge in [-0.25, -0.2) is 17.9 Å². The first kappa shape index (κ1) is 20.9. The minimum Gasteiger partial charge on any atom is -0.465 e. The summed E-state index contributed by atoms with van der Waals surface area (Å²) in [6.07, 6.45) is 2.69. The second-order valence-electron chi connectivity index (χ2n) is 5.65. The minimum absolute atomic E-state index is 0.